The molecular formula is C72H122O12. The van der Waals surface area contributed by atoms with E-state index in [4.69, 9.17) is 28.4 Å². The minimum atomic E-state index is -1.09. The van der Waals surface area contributed by atoms with E-state index in [1.54, 1.807) is 6.92 Å². The van der Waals surface area contributed by atoms with Crippen LogP contribution in [0.5, 0.6) is 0 Å². The third kappa shape index (κ3) is 28.0. The zero-order valence-electron chi connectivity index (χ0n) is 54.5. The maximum Gasteiger partial charge on any atom is 0.511 e. The van der Waals surface area contributed by atoms with Crippen molar-refractivity contribution in [1.29, 1.82) is 0 Å². The van der Waals surface area contributed by atoms with Crippen molar-refractivity contribution in [2.75, 3.05) is 13.2 Å². The van der Waals surface area contributed by atoms with Gasteiger partial charge in [0.05, 0.1) is 0 Å². The molecule has 12 heteroatoms. The molecule has 0 aromatic carbocycles. The normalized spacial score (nSPS) is 24.5. The molecule has 0 aromatic heterocycles. The van der Waals surface area contributed by atoms with Crippen LogP contribution in [-0.2, 0) is 52.4 Å². The van der Waals surface area contributed by atoms with Crippen molar-refractivity contribution in [2.45, 2.75) is 337 Å². The van der Waals surface area contributed by atoms with Gasteiger partial charge in [0, 0.05) is 38.5 Å². The summed E-state index contributed by atoms with van der Waals surface area (Å²) in [6, 6.07) is 0. The summed E-state index contributed by atoms with van der Waals surface area (Å²) in [5.74, 6) is 1.28. The highest BCUT2D eigenvalue weighted by Gasteiger charge is 2.61. The van der Waals surface area contributed by atoms with Crippen molar-refractivity contribution in [1.82, 2.24) is 0 Å². The molecule has 84 heavy (non-hydrogen) atoms. The summed E-state index contributed by atoms with van der Waals surface area (Å²) in [6.45, 7) is 14.3. The summed E-state index contributed by atoms with van der Waals surface area (Å²) in [5, 5.41) is 0. The van der Waals surface area contributed by atoms with Crippen LogP contribution < -0.4 is 0 Å². The van der Waals surface area contributed by atoms with Gasteiger partial charge in [-0.2, -0.15) is 0 Å². The van der Waals surface area contributed by atoms with Crippen LogP contribution in [-0.4, -0.2) is 67.5 Å². The molecule has 0 aromatic rings. The van der Waals surface area contributed by atoms with Crippen molar-refractivity contribution in [2.24, 2.45) is 46.3 Å². The molecule has 0 bridgehead atoms. The van der Waals surface area contributed by atoms with E-state index >= 15 is 0 Å². The lowest BCUT2D eigenvalue weighted by atomic mass is 9.44. The van der Waals surface area contributed by atoms with Crippen molar-refractivity contribution in [3.05, 3.63) is 24.3 Å². The Hall–Kier alpha value is -3.70. The number of ether oxygens (including phenoxy) is 6. The SMILES string of the molecule is CCCCCCCC/C=C\CCCCCCCC(=O)OCC(COC(=O)CCCCCCC/C=C\CCCCCCCC)OC(=O)CC(C)CCCCC(=O)OC(C)OC(=O)O[C@H]1CC[C@@]2(C)[C@@H](CC[C@@H]3[C@@H]2CC[C@]2(C)[C@@H](C(C)=O)CC[C@@H]32)C1. The van der Waals surface area contributed by atoms with Crippen LogP contribution in [0.3, 0.4) is 0 Å². The molecule has 4 rings (SSSR count). The third-order valence-corrected chi connectivity index (χ3v) is 20.2. The molecule has 0 spiro atoms. The highest BCUT2D eigenvalue weighted by Crippen LogP contribution is 2.67. The van der Waals surface area contributed by atoms with Gasteiger partial charge in [0.1, 0.15) is 25.1 Å². The van der Waals surface area contributed by atoms with Gasteiger partial charge in [0.25, 0.3) is 0 Å². The molecule has 10 atom stereocenters. The van der Waals surface area contributed by atoms with Gasteiger partial charge in [-0.25, -0.2) is 4.79 Å². The Bertz CT molecular complexity index is 1870. The van der Waals surface area contributed by atoms with Crippen LogP contribution in [0.1, 0.15) is 318 Å². The summed E-state index contributed by atoms with van der Waals surface area (Å²) in [4.78, 5) is 77.2. The van der Waals surface area contributed by atoms with Crippen LogP contribution in [0.4, 0.5) is 4.79 Å². The third-order valence-electron chi connectivity index (χ3n) is 20.2. The van der Waals surface area contributed by atoms with Crippen molar-refractivity contribution in [3.8, 4) is 0 Å². The molecule has 12 nitrogen and oxygen atoms in total. The van der Waals surface area contributed by atoms with Gasteiger partial charge < -0.3 is 28.4 Å². The van der Waals surface area contributed by atoms with Gasteiger partial charge in [0.15, 0.2) is 6.10 Å². The summed E-state index contributed by atoms with van der Waals surface area (Å²) >= 11 is 0. The molecule has 0 radical (unpaired) electrons. The fraction of sp³-hybridized carbons (Fsp3) is 0.861. The summed E-state index contributed by atoms with van der Waals surface area (Å²) in [5.41, 5.74) is 0.345. The second-order valence-electron chi connectivity index (χ2n) is 27.1. The maximum atomic E-state index is 13.2. The lowest BCUT2D eigenvalue weighted by molar-refractivity contribution is -0.171. The van der Waals surface area contributed by atoms with Gasteiger partial charge in [-0.15, -0.1) is 0 Å². The molecule has 4 aliphatic carbocycles. The molecular weight excluding hydrogens is 1060 g/mol. The number of ketones is 1. The maximum absolute atomic E-state index is 13.2. The first-order valence-electron chi connectivity index (χ1n) is 35.0. The van der Waals surface area contributed by atoms with Crippen molar-refractivity contribution in [3.63, 3.8) is 0 Å². The fourth-order valence-corrected chi connectivity index (χ4v) is 15.3. The van der Waals surface area contributed by atoms with E-state index in [9.17, 15) is 28.8 Å². The minimum Gasteiger partial charge on any atom is -0.462 e. The highest BCUT2D eigenvalue weighted by atomic mass is 16.8. The number of rotatable bonds is 46. The Kier molecular flexibility index (Phi) is 36.6. The second-order valence-corrected chi connectivity index (χ2v) is 27.1. The van der Waals surface area contributed by atoms with Crippen molar-refractivity contribution >= 4 is 35.8 Å². The van der Waals surface area contributed by atoms with E-state index in [0.29, 0.717) is 48.7 Å². The van der Waals surface area contributed by atoms with Gasteiger partial charge in [-0.1, -0.05) is 174 Å². The second kappa shape index (κ2) is 42.2. The lowest BCUT2D eigenvalue weighted by Gasteiger charge is -2.61. The fourth-order valence-electron chi connectivity index (χ4n) is 15.3. The zero-order valence-corrected chi connectivity index (χ0v) is 54.5. The summed E-state index contributed by atoms with van der Waals surface area (Å²) in [6.07, 6.45) is 48.8. The van der Waals surface area contributed by atoms with Crippen LogP contribution >= 0.6 is 0 Å². The molecule has 0 amide bonds. The molecule has 0 aliphatic heterocycles. The number of Topliss-reactive ketones (excluding diaryl/α,β-unsaturated/α-hetero) is 1. The van der Waals surface area contributed by atoms with Gasteiger partial charge in [-0.3, -0.25) is 24.0 Å². The number of hydrogen-bond donors (Lipinski definition) is 0. The summed E-state index contributed by atoms with van der Waals surface area (Å²) in [7, 11) is 0. The number of allylic oxidation sites excluding steroid dienone is 4. The molecule has 2 unspecified atom stereocenters. The number of carbonyl (C=O) groups is 6. The van der Waals surface area contributed by atoms with Crippen LogP contribution in [0.2, 0.25) is 0 Å². The Labute approximate surface area is 511 Å². The molecule has 4 saturated carbocycles. The standard InChI is InChI=1S/C72H122O12/c1-8-10-12-14-16-18-20-22-24-26-28-30-32-34-36-41-66(74)79-54-61(55-80-67(75)42-37-35-33-31-29-27-25-23-21-19-17-15-13-11-9-2)83-69(77)52-56(3)40-38-39-43-68(76)81-58(5)82-70(78)84-60-48-50-71(6)59(53-60)44-45-62-64-47-46-63(57(4)73)72(64,7)51-49-65(62)71/h22-25,56,58-65H,8-21,26-55H2,1-7H3/b24-22-,25-23-/t56?,58?,59-,60-,62-,63+,64-,65-,71-,72+/m0/s1. The zero-order chi connectivity index (χ0) is 60.8. The molecule has 0 heterocycles. The van der Waals surface area contributed by atoms with E-state index in [1.165, 1.54) is 116 Å². The molecule has 0 saturated heterocycles. The number of unbranched alkanes of at least 4 members (excludes halogenated alkanes) is 23. The Morgan fingerprint density at radius 1 is 0.488 bits per heavy atom. The average molecular weight is 1180 g/mol. The first kappa shape index (κ1) is 72.8. The van der Waals surface area contributed by atoms with Crippen LogP contribution in [0.15, 0.2) is 24.3 Å². The predicted molar refractivity (Wildman–Crippen MR) is 336 cm³/mol. The Morgan fingerprint density at radius 3 is 1.50 bits per heavy atom. The molecule has 482 valence electrons. The molecule has 4 fully saturated rings. The van der Waals surface area contributed by atoms with E-state index < -0.39 is 30.5 Å². The quantitative estimate of drug-likeness (QED) is 0.0187. The molecule has 4 aliphatic rings. The van der Waals surface area contributed by atoms with Crippen LogP contribution in [0, 0.1) is 46.3 Å². The minimum absolute atomic E-state index is 0.0579. The van der Waals surface area contributed by atoms with Crippen molar-refractivity contribution < 1.29 is 57.2 Å². The van der Waals surface area contributed by atoms with E-state index in [-0.39, 0.29) is 79.6 Å². The van der Waals surface area contributed by atoms with E-state index in [2.05, 4.69) is 52.0 Å². The average Bonchev–Trinajstić information content (AvgIpc) is 1.81. The monoisotopic (exact) mass is 1180 g/mol. The number of hydrogen-bond acceptors (Lipinski definition) is 12. The number of carbonyl (C=O) groups excluding carboxylic acids is 6. The highest BCUT2D eigenvalue weighted by molar-refractivity contribution is 5.79. The lowest BCUT2D eigenvalue weighted by Crippen LogP contribution is -2.54. The Morgan fingerprint density at radius 2 is 0.964 bits per heavy atom. The molecule has 0 N–H and O–H groups in total. The van der Waals surface area contributed by atoms with Gasteiger partial charge in [0.2, 0.25) is 6.29 Å². The van der Waals surface area contributed by atoms with Gasteiger partial charge in [-0.05, 0) is 176 Å². The smallest absolute Gasteiger partial charge is 0.462 e. The first-order chi connectivity index (χ1) is 40.6. The number of fused-ring (bicyclic) bond motifs is 5. The number of esters is 4. The largest absolute Gasteiger partial charge is 0.511 e. The Balaban J connectivity index is 1.09. The predicted octanol–water partition coefficient (Wildman–Crippen LogP) is 19.3. The van der Waals surface area contributed by atoms with E-state index in [0.717, 1.165) is 116 Å². The van der Waals surface area contributed by atoms with Crippen LogP contribution in [0.25, 0.3) is 0 Å². The summed E-state index contributed by atoms with van der Waals surface area (Å²) < 4.78 is 33.6. The van der Waals surface area contributed by atoms with E-state index in [1.807, 2.05) is 6.92 Å². The first-order valence-corrected chi connectivity index (χ1v) is 35.0. The van der Waals surface area contributed by atoms with Gasteiger partial charge >= 0.3 is 30.0 Å². The topological polar surface area (TPSA) is 158 Å².